The van der Waals surface area contributed by atoms with Gasteiger partial charge in [0.1, 0.15) is 11.4 Å². The van der Waals surface area contributed by atoms with E-state index in [2.05, 4.69) is 15.5 Å². The van der Waals surface area contributed by atoms with Gasteiger partial charge in [-0.25, -0.2) is 4.98 Å². The molecule has 5 heteroatoms. The van der Waals surface area contributed by atoms with Crippen LogP contribution in [0.1, 0.15) is 21.7 Å². The Kier molecular flexibility index (Phi) is 4.19. The van der Waals surface area contributed by atoms with Crippen LogP contribution < -0.4 is 5.32 Å². The molecule has 0 fully saturated rings. The smallest absolute Gasteiger partial charge is 0.270 e. The maximum Gasteiger partial charge on any atom is 0.270 e. The van der Waals surface area contributed by atoms with Gasteiger partial charge in [0.25, 0.3) is 5.91 Å². The number of fused-ring (bicyclic) bond motifs is 1. The summed E-state index contributed by atoms with van der Waals surface area (Å²) in [6.07, 6.45) is 0. The summed E-state index contributed by atoms with van der Waals surface area (Å²) in [5.41, 5.74) is 3.98. The first-order chi connectivity index (χ1) is 12.7. The van der Waals surface area contributed by atoms with E-state index in [1.807, 2.05) is 67.6 Å². The van der Waals surface area contributed by atoms with E-state index < -0.39 is 0 Å². The number of hydrogen-bond acceptors (Lipinski definition) is 4. The Bertz CT molecular complexity index is 1070. The number of pyridine rings is 1. The number of para-hydroxylation sites is 1. The van der Waals surface area contributed by atoms with Crippen molar-refractivity contribution >= 4 is 16.8 Å². The zero-order chi connectivity index (χ0) is 17.9. The largest absolute Gasteiger partial charge is 0.356 e. The summed E-state index contributed by atoms with van der Waals surface area (Å²) in [6.45, 7) is 2.31. The van der Waals surface area contributed by atoms with E-state index in [1.165, 1.54) is 5.56 Å². The van der Waals surface area contributed by atoms with Gasteiger partial charge >= 0.3 is 0 Å². The minimum atomic E-state index is -0.240. The molecule has 0 aliphatic carbocycles. The second-order valence-corrected chi connectivity index (χ2v) is 6.12. The van der Waals surface area contributed by atoms with E-state index in [0.29, 0.717) is 17.1 Å². The van der Waals surface area contributed by atoms with Crippen molar-refractivity contribution in [3.05, 3.63) is 83.7 Å². The Morgan fingerprint density at radius 2 is 1.85 bits per heavy atom. The van der Waals surface area contributed by atoms with Gasteiger partial charge in [-0.05, 0) is 19.1 Å². The van der Waals surface area contributed by atoms with Gasteiger partial charge in [0.15, 0.2) is 5.76 Å². The summed E-state index contributed by atoms with van der Waals surface area (Å²) < 4.78 is 5.37. The molecule has 2 aromatic heterocycles. The average molecular weight is 343 g/mol. The van der Waals surface area contributed by atoms with Crippen molar-refractivity contribution in [3.63, 3.8) is 0 Å². The van der Waals surface area contributed by atoms with E-state index in [-0.39, 0.29) is 12.5 Å². The Hall–Kier alpha value is -3.47. The zero-order valence-electron chi connectivity index (χ0n) is 14.3. The molecular formula is C21H17N3O2. The average Bonchev–Trinajstić information content (AvgIpc) is 3.15. The number of carbonyl (C=O) groups excluding carboxylic acids is 1. The minimum Gasteiger partial charge on any atom is -0.356 e. The number of hydrogen-bond donors (Lipinski definition) is 1. The molecule has 4 aromatic rings. The van der Waals surface area contributed by atoms with Gasteiger partial charge in [0.2, 0.25) is 0 Å². The number of aromatic nitrogens is 2. The van der Waals surface area contributed by atoms with Crippen molar-refractivity contribution in [2.75, 3.05) is 0 Å². The van der Waals surface area contributed by atoms with Crippen LogP contribution in [0.15, 0.2) is 71.3 Å². The maximum atomic E-state index is 12.3. The van der Waals surface area contributed by atoms with Crippen LogP contribution in [0.3, 0.4) is 0 Å². The highest BCUT2D eigenvalue weighted by atomic mass is 16.5. The standard InChI is InChI=1S/C21H17N3O2/c1-14-6-8-16(9-7-14)20-12-17(24-26-20)13-22-21(25)19-11-10-15-4-2-3-5-18(15)23-19/h2-12H,13H2,1H3,(H,22,25). The monoisotopic (exact) mass is 343 g/mol. The summed E-state index contributed by atoms with van der Waals surface area (Å²) >= 11 is 0. The van der Waals surface area contributed by atoms with E-state index in [0.717, 1.165) is 16.5 Å². The molecule has 1 N–H and O–H groups in total. The van der Waals surface area contributed by atoms with Crippen LogP contribution in [0.4, 0.5) is 0 Å². The van der Waals surface area contributed by atoms with Crippen molar-refractivity contribution in [3.8, 4) is 11.3 Å². The van der Waals surface area contributed by atoms with Crippen LogP contribution in [-0.4, -0.2) is 16.0 Å². The van der Waals surface area contributed by atoms with E-state index >= 15 is 0 Å². The molecule has 0 bridgehead atoms. The molecule has 0 radical (unpaired) electrons. The molecule has 26 heavy (non-hydrogen) atoms. The molecule has 0 unspecified atom stereocenters. The van der Waals surface area contributed by atoms with Crippen LogP contribution in [0.2, 0.25) is 0 Å². The van der Waals surface area contributed by atoms with Gasteiger partial charge < -0.3 is 9.84 Å². The molecule has 0 spiro atoms. The molecule has 5 nitrogen and oxygen atoms in total. The summed E-state index contributed by atoms with van der Waals surface area (Å²) in [6, 6.07) is 21.1. The van der Waals surface area contributed by atoms with Crippen molar-refractivity contribution in [1.82, 2.24) is 15.5 Å². The van der Waals surface area contributed by atoms with Gasteiger partial charge in [-0.3, -0.25) is 4.79 Å². The number of carbonyl (C=O) groups is 1. The fraction of sp³-hybridized carbons (Fsp3) is 0.0952. The van der Waals surface area contributed by atoms with E-state index in [1.54, 1.807) is 6.07 Å². The number of amides is 1. The zero-order valence-corrected chi connectivity index (χ0v) is 14.3. The molecule has 4 rings (SSSR count). The summed E-state index contributed by atoms with van der Waals surface area (Å²) in [5.74, 6) is 0.439. The number of benzene rings is 2. The first kappa shape index (κ1) is 16.0. The summed E-state index contributed by atoms with van der Waals surface area (Å²) in [4.78, 5) is 16.7. The van der Waals surface area contributed by atoms with Crippen molar-refractivity contribution in [2.45, 2.75) is 13.5 Å². The molecule has 128 valence electrons. The van der Waals surface area contributed by atoms with Crippen LogP contribution in [-0.2, 0) is 6.54 Å². The molecule has 0 saturated heterocycles. The first-order valence-corrected chi connectivity index (χ1v) is 8.36. The topological polar surface area (TPSA) is 68.0 Å². The predicted molar refractivity (Wildman–Crippen MR) is 99.6 cm³/mol. The second kappa shape index (κ2) is 6.80. The molecule has 0 atom stereocenters. The highest BCUT2D eigenvalue weighted by molar-refractivity contribution is 5.94. The molecule has 0 saturated carbocycles. The lowest BCUT2D eigenvalue weighted by Gasteiger charge is -2.03. The lowest BCUT2D eigenvalue weighted by atomic mass is 10.1. The number of aryl methyl sites for hydroxylation is 1. The first-order valence-electron chi connectivity index (χ1n) is 8.36. The normalized spacial score (nSPS) is 10.8. The number of nitrogens with one attached hydrogen (secondary N) is 1. The predicted octanol–water partition coefficient (Wildman–Crippen LogP) is 4.13. The van der Waals surface area contributed by atoms with Crippen LogP contribution in [0.5, 0.6) is 0 Å². The van der Waals surface area contributed by atoms with Crippen LogP contribution >= 0.6 is 0 Å². The second-order valence-electron chi connectivity index (χ2n) is 6.12. The fourth-order valence-corrected chi connectivity index (χ4v) is 2.70. The van der Waals surface area contributed by atoms with Crippen molar-refractivity contribution in [2.24, 2.45) is 0 Å². The molecule has 1 amide bonds. The van der Waals surface area contributed by atoms with Gasteiger partial charge in [-0.1, -0.05) is 59.3 Å². The molecular weight excluding hydrogens is 326 g/mol. The van der Waals surface area contributed by atoms with Gasteiger partial charge in [-0.2, -0.15) is 0 Å². The molecule has 2 aromatic carbocycles. The van der Waals surface area contributed by atoms with Gasteiger partial charge in [-0.15, -0.1) is 0 Å². The maximum absolute atomic E-state index is 12.3. The SMILES string of the molecule is Cc1ccc(-c2cc(CNC(=O)c3ccc4ccccc4n3)no2)cc1. The third kappa shape index (κ3) is 3.32. The quantitative estimate of drug-likeness (QED) is 0.605. The third-order valence-electron chi connectivity index (χ3n) is 4.16. The molecule has 0 aliphatic heterocycles. The Balaban J connectivity index is 1.45. The highest BCUT2D eigenvalue weighted by Gasteiger charge is 2.11. The minimum absolute atomic E-state index is 0.240. The number of rotatable bonds is 4. The Morgan fingerprint density at radius 3 is 2.69 bits per heavy atom. The lowest BCUT2D eigenvalue weighted by molar-refractivity contribution is 0.0945. The lowest BCUT2D eigenvalue weighted by Crippen LogP contribution is -2.23. The molecule has 0 aliphatic rings. The van der Waals surface area contributed by atoms with Crippen LogP contribution in [0, 0.1) is 6.92 Å². The van der Waals surface area contributed by atoms with Crippen LogP contribution in [0.25, 0.3) is 22.2 Å². The Labute approximate surface area is 150 Å². The van der Waals surface area contributed by atoms with Gasteiger partial charge in [0, 0.05) is 17.0 Å². The summed E-state index contributed by atoms with van der Waals surface area (Å²) in [7, 11) is 0. The van der Waals surface area contributed by atoms with E-state index in [9.17, 15) is 4.79 Å². The number of nitrogens with zero attached hydrogens (tertiary/aromatic N) is 2. The highest BCUT2D eigenvalue weighted by Crippen LogP contribution is 2.20. The fourth-order valence-electron chi connectivity index (χ4n) is 2.70. The van der Waals surface area contributed by atoms with Crippen molar-refractivity contribution in [1.29, 1.82) is 0 Å². The molecule has 2 heterocycles. The van der Waals surface area contributed by atoms with E-state index in [4.69, 9.17) is 4.52 Å². The Morgan fingerprint density at radius 1 is 1.04 bits per heavy atom. The van der Waals surface area contributed by atoms with Crippen molar-refractivity contribution < 1.29 is 9.32 Å². The summed E-state index contributed by atoms with van der Waals surface area (Å²) in [5, 5.41) is 7.85. The van der Waals surface area contributed by atoms with Gasteiger partial charge in [0.05, 0.1) is 12.1 Å². The third-order valence-corrected chi connectivity index (χ3v) is 4.16.